The van der Waals surface area contributed by atoms with Crippen LogP contribution < -0.4 is 4.74 Å². The van der Waals surface area contributed by atoms with Crippen molar-refractivity contribution in [2.24, 2.45) is 0 Å². The largest absolute Gasteiger partial charge is 0.493 e. The van der Waals surface area contributed by atoms with Crippen LogP contribution in [-0.4, -0.2) is 54.4 Å². The number of halogens is 2. The van der Waals surface area contributed by atoms with Gasteiger partial charge in [0.15, 0.2) is 0 Å². The smallest absolute Gasteiger partial charge is 0.254 e. The van der Waals surface area contributed by atoms with Gasteiger partial charge in [-0.25, -0.2) is 0 Å². The van der Waals surface area contributed by atoms with Crippen molar-refractivity contribution in [3.8, 4) is 5.75 Å². The van der Waals surface area contributed by atoms with E-state index in [-0.39, 0.29) is 11.8 Å². The maximum Gasteiger partial charge on any atom is 0.254 e. The lowest BCUT2D eigenvalue weighted by Gasteiger charge is -2.35. The molecule has 0 N–H and O–H groups in total. The number of rotatable bonds is 6. The van der Waals surface area contributed by atoms with Crippen LogP contribution in [0.5, 0.6) is 5.75 Å². The lowest BCUT2D eigenvalue weighted by Crippen LogP contribution is -2.50. The molecule has 2 aromatic carbocycles. The first-order valence-electron chi connectivity index (χ1n) is 9.66. The number of hydrogen-bond donors (Lipinski definition) is 0. The van der Waals surface area contributed by atoms with Crippen LogP contribution in [0, 0.1) is 6.92 Å². The third-order valence-electron chi connectivity index (χ3n) is 4.97. The molecule has 0 aliphatic carbocycles. The molecule has 29 heavy (non-hydrogen) atoms. The highest BCUT2D eigenvalue weighted by atomic mass is 35.5. The molecule has 0 unspecified atom stereocenters. The number of para-hydroxylation sites is 1. The molecule has 0 bridgehead atoms. The van der Waals surface area contributed by atoms with E-state index in [1.807, 2.05) is 36.1 Å². The Morgan fingerprint density at radius 2 is 1.66 bits per heavy atom. The Labute approximate surface area is 181 Å². The fourth-order valence-electron chi connectivity index (χ4n) is 3.25. The Morgan fingerprint density at radius 1 is 0.966 bits per heavy atom. The number of ether oxygens (including phenoxy) is 1. The highest BCUT2D eigenvalue weighted by molar-refractivity contribution is 6.42. The minimum absolute atomic E-state index is 0.0951. The Balaban J connectivity index is 1.41. The monoisotopic (exact) mass is 434 g/mol. The van der Waals surface area contributed by atoms with Crippen molar-refractivity contribution in [2.45, 2.75) is 19.8 Å². The number of hydrogen-bond acceptors (Lipinski definition) is 3. The van der Waals surface area contributed by atoms with Gasteiger partial charge in [-0.05, 0) is 43.2 Å². The van der Waals surface area contributed by atoms with Gasteiger partial charge in [0.25, 0.3) is 5.91 Å². The molecular formula is C22H24Cl2N2O3. The van der Waals surface area contributed by atoms with Gasteiger partial charge in [0.05, 0.1) is 16.7 Å². The number of aryl methyl sites for hydroxylation is 1. The normalized spacial score (nSPS) is 14.0. The second kappa shape index (κ2) is 9.99. The van der Waals surface area contributed by atoms with Crippen LogP contribution in [0.4, 0.5) is 0 Å². The zero-order valence-electron chi connectivity index (χ0n) is 16.4. The van der Waals surface area contributed by atoms with Crippen molar-refractivity contribution in [1.82, 2.24) is 9.80 Å². The zero-order chi connectivity index (χ0) is 20.8. The molecule has 154 valence electrons. The second-order valence-electron chi connectivity index (χ2n) is 7.02. The average Bonchev–Trinajstić information content (AvgIpc) is 2.74. The third-order valence-corrected chi connectivity index (χ3v) is 5.71. The van der Waals surface area contributed by atoms with E-state index >= 15 is 0 Å². The van der Waals surface area contributed by atoms with Crippen LogP contribution in [0.2, 0.25) is 10.0 Å². The summed E-state index contributed by atoms with van der Waals surface area (Å²) < 4.78 is 5.75. The first-order chi connectivity index (χ1) is 14.0. The summed E-state index contributed by atoms with van der Waals surface area (Å²) in [6, 6.07) is 12.7. The first-order valence-corrected chi connectivity index (χ1v) is 10.4. The molecule has 5 nitrogen and oxygen atoms in total. The lowest BCUT2D eigenvalue weighted by atomic mass is 10.1. The quantitative estimate of drug-likeness (QED) is 0.631. The van der Waals surface area contributed by atoms with Crippen molar-refractivity contribution in [2.75, 3.05) is 32.8 Å². The van der Waals surface area contributed by atoms with Gasteiger partial charge in [-0.3, -0.25) is 9.59 Å². The molecule has 1 saturated heterocycles. The maximum atomic E-state index is 12.6. The fourth-order valence-corrected chi connectivity index (χ4v) is 3.55. The van der Waals surface area contributed by atoms with Crippen LogP contribution in [0.3, 0.4) is 0 Å². The number of amides is 2. The Hall–Kier alpha value is -2.24. The van der Waals surface area contributed by atoms with Gasteiger partial charge < -0.3 is 14.5 Å². The van der Waals surface area contributed by atoms with Crippen molar-refractivity contribution in [1.29, 1.82) is 0 Å². The van der Waals surface area contributed by atoms with Crippen molar-refractivity contribution in [3.05, 3.63) is 63.6 Å². The molecule has 0 saturated carbocycles. The highest BCUT2D eigenvalue weighted by Gasteiger charge is 2.24. The Kier molecular flexibility index (Phi) is 7.40. The summed E-state index contributed by atoms with van der Waals surface area (Å²) in [7, 11) is 0. The molecule has 7 heteroatoms. The van der Waals surface area contributed by atoms with Crippen molar-refractivity contribution < 1.29 is 14.3 Å². The van der Waals surface area contributed by atoms with Gasteiger partial charge in [-0.15, -0.1) is 0 Å². The summed E-state index contributed by atoms with van der Waals surface area (Å²) >= 11 is 11.9. The molecule has 2 amide bonds. The van der Waals surface area contributed by atoms with Crippen LogP contribution in [-0.2, 0) is 4.79 Å². The Morgan fingerprint density at radius 3 is 2.34 bits per heavy atom. The summed E-state index contributed by atoms with van der Waals surface area (Å²) in [5.74, 6) is 0.858. The highest BCUT2D eigenvalue weighted by Crippen LogP contribution is 2.23. The predicted molar refractivity (Wildman–Crippen MR) is 115 cm³/mol. The van der Waals surface area contributed by atoms with E-state index in [0.29, 0.717) is 61.2 Å². The van der Waals surface area contributed by atoms with Crippen LogP contribution in [0.1, 0.15) is 28.8 Å². The summed E-state index contributed by atoms with van der Waals surface area (Å²) in [5.41, 5.74) is 1.59. The minimum atomic E-state index is -0.0951. The van der Waals surface area contributed by atoms with Crippen molar-refractivity contribution in [3.63, 3.8) is 0 Å². The molecule has 3 rings (SSSR count). The summed E-state index contributed by atoms with van der Waals surface area (Å²) in [4.78, 5) is 28.6. The van der Waals surface area contributed by atoms with Gasteiger partial charge in [0, 0.05) is 38.2 Å². The van der Waals surface area contributed by atoms with E-state index in [4.69, 9.17) is 27.9 Å². The standard InChI is InChI=1S/C22H24Cl2N2O3/c1-16-5-2-3-6-20(16)29-14-4-7-21(27)25-10-12-26(13-11-25)22(28)17-8-9-18(23)19(24)15-17/h2-3,5-6,8-9,15H,4,7,10-14H2,1H3. The topological polar surface area (TPSA) is 49.9 Å². The molecule has 2 aromatic rings. The predicted octanol–water partition coefficient (Wildman–Crippen LogP) is 4.45. The zero-order valence-corrected chi connectivity index (χ0v) is 17.9. The lowest BCUT2D eigenvalue weighted by molar-refractivity contribution is -0.132. The Bertz CT molecular complexity index is 880. The summed E-state index contributed by atoms with van der Waals surface area (Å²) in [5, 5.41) is 0.782. The van der Waals surface area contributed by atoms with Gasteiger partial charge in [-0.2, -0.15) is 0 Å². The molecule has 1 fully saturated rings. The summed E-state index contributed by atoms with van der Waals surface area (Å²) in [6.07, 6.45) is 1.10. The summed E-state index contributed by atoms with van der Waals surface area (Å²) in [6.45, 7) is 4.58. The minimum Gasteiger partial charge on any atom is -0.493 e. The molecular weight excluding hydrogens is 411 g/mol. The van der Waals surface area contributed by atoms with E-state index in [9.17, 15) is 9.59 Å². The van der Waals surface area contributed by atoms with E-state index in [1.54, 1.807) is 23.1 Å². The molecule has 0 spiro atoms. The molecule has 1 aliphatic rings. The van der Waals surface area contributed by atoms with Crippen LogP contribution in [0.25, 0.3) is 0 Å². The van der Waals surface area contributed by atoms with E-state index in [0.717, 1.165) is 11.3 Å². The number of nitrogens with zero attached hydrogens (tertiary/aromatic N) is 2. The fraction of sp³-hybridized carbons (Fsp3) is 0.364. The molecule has 1 heterocycles. The van der Waals surface area contributed by atoms with E-state index < -0.39 is 0 Å². The molecule has 0 atom stereocenters. The maximum absolute atomic E-state index is 12.6. The molecule has 0 radical (unpaired) electrons. The SMILES string of the molecule is Cc1ccccc1OCCCC(=O)N1CCN(C(=O)c2ccc(Cl)c(Cl)c2)CC1. The van der Waals surface area contributed by atoms with Gasteiger partial charge in [-0.1, -0.05) is 41.4 Å². The number of piperazine rings is 1. The van der Waals surface area contributed by atoms with E-state index in [2.05, 4.69) is 0 Å². The van der Waals surface area contributed by atoms with Crippen LogP contribution in [0.15, 0.2) is 42.5 Å². The van der Waals surface area contributed by atoms with Crippen molar-refractivity contribution >= 4 is 35.0 Å². The number of carbonyl (C=O) groups is 2. The molecule has 1 aliphatic heterocycles. The van der Waals surface area contributed by atoms with Crippen LogP contribution >= 0.6 is 23.2 Å². The second-order valence-corrected chi connectivity index (χ2v) is 7.83. The number of benzene rings is 2. The van der Waals surface area contributed by atoms with Gasteiger partial charge in [0.2, 0.25) is 5.91 Å². The van der Waals surface area contributed by atoms with Gasteiger partial charge >= 0.3 is 0 Å². The van der Waals surface area contributed by atoms with E-state index in [1.165, 1.54) is 0 Å². The first kappa shape index (κ1) is 21.5. The van der Waals surface area contributed by atoms with Gasteiger partial charge in [0.1, 0.15) is 5.75 Å². The average molecular weight is 435 g/mol. The number of carbonyl (C=O) groups excluding carboxylic acids is 2. The molecule has 0 aromatic heterocycles. The third kappa shape index (κ3) is 5.64.